The molecule has 0 unspecified atom stereocenters. The van der Waals surface area contributed by atoms with Crippen LogP contribution < -0.4 is 9.47 Å². The number of halogens is 2. The molecular formula is C13H12Br2N4O2. The third kappa shape index (κ3) is 4.10. The molecule has 1 aliphatic rings. The van der Waals surface area contributed by atoms with Crippen molar-refractivity contribution in [1.29, 1.82) is 0 Å². The summed E-state index contributed by atoms with van der Waals surface area (Å²) in [6.07, 6.45) is 8.75. The van der Waals surface area contributed by atoms with Crippen LogP contribution in [0.1, 0.15) is 12.8 Å². The van der Waals surface area contributed by atoms with E-state index in [1.807, 2.05) is 0 Å². The van der Waals surface area contributed by atoms with Crippen LogP contribution in [0.4, 0.5) is 0 Å². The van der Waals surface area contributed by atoms with Gasteiger partial charge >= 0.3 is 12.0 Å². The Labute approximate surface area is 138 Å². The second-order valence-electron chi connectivity index (χ2n) is 4.95. The van der Waals surface area contributed by atoms with E-state index in [-0.39, 0.29) is 5.41 Å². The molecule has 2 aromatic rings. The van der Waals surface area contributed by atoms with E-state index in [2.05, 4.69) is 51.8 Å². The summed E-state index contributed by atoms with van der Waals surface area (Å²) in [5.74, 6) is 0. The zero-order valence-electron chi connectivity index (χ0n) is 11.0. The molecule has 21 heavy (non-hydrogen) atoms. The molecule has 0 aliphatic heterocycles. The fraction of sp³-hybridized carbons (Fsp3) is 0.385. The normalized spacial score (nSPS) is 15.5. The number of aromatic nitrogens is 4. The Morgan fingerprint density at radius 1 is 0.810 bits per heavy atom. The van der Waals surface area contributed by atoms with Gasteiger partial charge in [0.15, 0.2) is 0 Å². The lowest BCUT2D eigenvalue weighted by atomic mass is 10.1. The lowest BCUT2D eigenvalue weighted by Crippen LogP contribution is -2.22. The Morgan fingerprint density at radius 3 is 1.52 bits per heavy atom. The van der Waals surface area contributed by atoms with Crippen LogP contribution in [0.25, 0.3) is 0 Å². The van der Waals surface area contributed by atoms with Crippen LogP contribution in [0.15, 0.2) is 33.7 Å². The first-order chi connectivity index (χ1) is 10.2. The number of rotatable bonds is 6. The molecule has 3 rings (SSSR count). The van der Waals surface area contributed by atoms with E-state index in [1.165, 1.54) is 0 Å². The monoisotopic (exact) mass is 414 g/mol. The Hall–Kier alpha value is -1.28. The Bertz CT molecular complexity index is 551. The maximum atomic E-state index is 5.62. The van der Waals surface area contributed by atoms with Crippen molar-refractivity contribution in [3.63, 3.8) is 0 Å². The summed E-state index contributed by atoms with van der Waals surface area (Å²) >= 11 is 6.57. The molecule has 1 aliphatic carbocycles. The van der Waals surface area contributed by atoms with Crippen LogP contribution in [0.2, 0.25) is 0 Å². The highest BCUT2D eigenvalue weighted by atomic mass is 79.9. The summed E-state index contributed by atoms with van der Waals surface area (Å²) in [6.45, 7) is 1.07. The highest BCUT2D eigenvalue weighted by molar-refractivity contribution is 9.10. The quantitative estimate of drug-likeness (QED) is 0.722. The first-order valence-electron chi connectivity index (χ1n) is 6.36. The summed E-state index contributed by atoms with van der Waals surface area (Å²) in [4.78, 5) is 16.3. The van der Waals surface area contributed by atoms with Crippen LogP contribution in [-0.2, 0) is 0 Å². The zero-order chi connectivity index (χ0) is 14.7. The third-order valence-electron chi connectivity index (χ3n) is 3.17. The molecule has 0 spiro atoms. The van der Waals surface area contributed by atoms with Crippen molar-refractivity contribution in [3.05, 3.63) is 33.7 Å². The molecule has 0 amide bonds. The molecular weight excluding hydrogens is 404 g/mol. The van der Waals surface area contributed by atoms with Gasteiger partial charge in [-0.15, -0.1) is 0 Å². The number of ether oxygens (including phenoxy) is 2. The van der Waals surface area contributed by atoms with Gasteiger partial charge in [-0.05, 0) is 44.7 Å². The van der Waals surface area contributed by atoms with E-state index in [0.29, 0.717) is 25.2 Å². The Kier molecular flexibility index (Phi) is 4.34. The van der Waals surface area contributed by atoms with Gasteiger partial charge in [0.05, 0.1) is 8.95 Å². The lowest BCUT2D eigenvalue weighted by Gasteiger charge is -2.15. The third-order valence-corrected chi connectivity index (χ3v) is 3.98. The first-order valence-corrected chi connectivity index (χ1v) is 7.95. The van der Waals surface area contributed by atoms with Crippen molar-refractivity contribution in [2.45, 2.75) is 12.8 Å². The van der Waals surface area contributed by atoms with E-state index in [9.17, 15) is 0 Å². The van der Waals surface area contributed by atoms with E-state index in [4.69, 9.17) is 9.47 Å². The standard InChI is InChI=1S/C13H12Br2N4O2/c14-9-3-16-11(17-4-9)20-7-13(1-2-13)8-21-12-18-5-10(15)6-19-12/h3-6H,1-2,7-8H2. The molecule has 0 atom stereocenters. The average molecular weight is 416 g/mol. The predicted octanol–water partition coefficient (Wildman–Crippen LogP) is 3.03. The molecule has 1 fully saturated rings. The van der Waals surface area contributed by atoms with E-state index < -0.39 is 0 Å². The minimum Gasteiger partial charge on any atom is -0.463 e. The van der Waals surface area contributed by atoms with Crippen LogP contribution in [0, 0.1) is 5.41 Å². The second kappa shape index (κ2) is 6.23. The van der Waals surface area contributed by atoms with Gasteiger partial charge in [0, 0.05) is 30.2 Å². The van der Waals surface area contributed by atoms with Gasteiger partial charge in [-0.2, -0.15) is 0 Å². The SMILES string of the molecule is Brc1cnc(OCC2(COc3ncc(Br)cn3)CC2)nc1. The van der Waals surface area contributed by atoms with Crippen LogP contribution >= 0.6 is 31.9 Å². The van der Waals surface area contributed by atoms with Crippen molar-refractivity contribution in [3.8, 4) is 12.0 Å². The smallest absolute Gasteiger partial charge is 0.316 e. The van der Waals surface area contributed by atoms with E-state index in [0.717, 1.165) is 21.8 Å². The van der Waals surface area contributed by atoms with Gasteiger partial charge in [-0.25, -0.2) is 19.9 Å². The van der Waals surface area contributed by atoms with Crippen molar-refractivity contribution >= 4 is 31.9 Å². The first kappa shape index (κ1) is 14.6. The van der Waals surface area contributed by atoms with Crippen molar-refractivity contribution < 1.29 is 9.47 Å². The van der Waals surface area contributed by atoms with Crippen molar-refractivity contribution in [2.24, 2.45) is 5.41 Å². The highest BCUT2D eigenvalue weighted by Crippen LogP contribution is 2.45. The maximum absolute atomic E-state index is 5.62. The van der Waals surface area contributed by atoms with Crippen LogP contribution in [0.3, 0.4) is 0 Å². The summed E-state index contributed by atoms with van der Waals surface area (Å²) in [5.41, 5.74) is 0.0207. The second-order valence-corrected chi connectivity index (χ2v) is 6.78. The predicted molar refractivity (Wildman–Crippen MR) is 82.1 cm³/mol. The molecule has 0 bridgehead atoms. The average Bonchev–Trinajstić information content (AvgIpc) is 3.27. The molecule has 0 aromatic carbocycles. The largest absolute Gasteiger partial charge is 0.463 e. The summed E-state index contributed by atoms with van der Waals surface area (Å²) in [7, 11) is 0. The van der Waals surface area contributed by atoms with Gasteiger partial charge in [0.25, 0.3) is 0 Å². The highest BCUT2D eigenvalue weighted by Gasteiger charge is 2.45. The van der Waals surface area contributed by atoms with Crippen LogP contribution in [0.5, 0.6) is 12.0 Å². The Balaban J connectivity index is 1.50. The molecule has 8 heteroatoms. The fourth-order valence-corrected chi connectivity index (χ4v) is 2.10. The van der Waals surface area contributed by atoms with Crippen molar-refractivity contribution in [1.82, 2.24) is 19.9 Å². The molecule has 2 heterocycles. The maximum Gasteiger partial charge on any atom is 0.316 e. The summed E-state index contributed by atoms with van der Waals surface area (Å²) < 4.78 is 12.9. The van der Waals surface area contributed by atoms with Gasteiger partial charge < -0.3 is 9.47 Å². The van der Waals surface area contributed by atoms with Crippen LogP contribution in [-0.4, -0.2) is 33.1 Å². The van der Waals surface area contributed by atoms with E-state index in [1.54, 1.807) is 24.8 Å². The molecule has 0 N–H and O–H groups in total. The molecule has 6 nitrogen and oxygen atoms in total. The minimum absolute atomic E-state index is 0.0207. The fourth-order valence-electron chi connectivity index (χ4n) is 1.69. The minimum atomic E-state index is 0.0207. The summed E-state index contributed by atoms with van der Waals surface area (Å²) in [5, 5.41) is 0. The van der Waals surface area contributed by atoms with Crippen molar-refractivity contribution in [2.75, 3.05) is 13.2 Å². The molecule has 110 valence electrons. The Morgan fingerprint density at radius 2 is 1.19 bits per heavy atom. The molecule has 0 saturated heterocycles. The molecule has 0 radical (unpaired) electrons. The molecule has 2 aromatic heterocycles. The molecule has 1 saturated carbocycles. The lowest BCUT2D eigenvalue weighted by molar-refractivity contribution is 0.146. The van der Waals surface area contributed by atoms with E-state index >= 15 is 0 Å². The number of nitrogens with zero attached hydrogens (tertiary/aromatic N) is 4. The van der Waals surface area contributed by atoms with Gasteiger partial charge in [-0.3, -0.25) is 0 Å². The van der Waals surface area contributed by atoms with Gasteiger partial charge in [0.1, 0.15) is 13.2 Å². The number of hydrogen-bond donors (Lipinski definition) is 0. The zero-order valence-corrected chi connectivity index (χ0v) is 14.2. The van der Waals surface area contributed by atoms with Gasteiger partial charge in [-0.1, -0.05) is 0 Å². The topological polar surface area (TPSA) is 70.0 Å². The number of hydrogen-bond acceptors (Lipinski definition) is 6. The van der Waals surface area contributed by atoms with Gasteiger partial charge in [0.2, 0.25) is 0 Å². The summed E-state index contributed by atoms with van der Waals surface area (Å²) in [6, 6.07) is 0.758.